The number of rotatable bonds is 2. The first-order valence-corrected chi connectivity index (χ1v) is 6.40. The van der Waals surface area contributed by atoms with Crippen LogP contribution in [0.25, 0.3) is 11.3 Å². The Balaban J connectivity index is 2.17. The van der Waals surface area contributed by atoms with Crippen molar-refractivity contribution in [1.82, 2.24) is 19.5 Å². The SMILES string of the molecule is Cc1cnc2c(n1)nc(C)n2C(C)c1ccccc1. The van der Waals surface area contributed by atoms with Crippen LogP contribution in [0.5, 0.6) is 0 Å². The van der Waals surface area contributed by atoms with E-state index in [1.54, 1.807) is 6.20 Å². The summed E-state index contributed by atoms with van der Waals surface area (Å²) in [5.41, 5.74) is 3.71. The zero-order valence-corrected chi connectivity index (χ0v) is 11.3. The van der Waals surface area contributed by atoms with Gasteiger partial charge in [0.25, 0.3) is 0 Å². The summed E-state index contributed by atoms with van der Waals surface area (Å²) >= 11 is 0. The van der Waals surface area contributed by atoms with Crippen LogP contribution < -0.4 is 0 Å². The lowest BCUT2D eigenvalue weighted by molar-refractivity contribution is 0.632. The van der Waals surface area contributed by atoms with E-state index < -0.39 is 0 Å². The second-order valence-corrected chi connectivity index (χ2v) is 4.77. The summed E-state index contributed by atoms with van der Waals surface area (Å²) in [6, 6.07) is 10.6. The quantitative estimate of drug-likeness (QED) is 0.704. The molecule has 0 saturated carbocycles. The second-order valence-electron chi connectivity index (χ2n) is 4.77. The highest BCUT2D eigenvalue weighted by Gasteiger charge is 2.16. The van der Waals surface area contributed by atoms with E-state index in [1.165, 1.54) is 5.56 Å². The van der Waals surface area contributed by atoms with Crippen molar-refractivity contribution in [2.45, 2.75) is 26.8 Å². The average molecular weight is 252 g/mol. The zero-order chi connectivity index (χ0) is 13.4. The van der Waals surface area contributed by atoms with E-state index in [4.69, 9.17) is 0 Å². The Morgan fingerprint density at radius 1 is 1.05 bits per heavy atom. The highest BCUT2D eigenvalue weighted by atomic mass is 15.2. The van der Waals surface area contributed by atoms with Crippen molar-refractivity contribution >= 4 is 11.3 Å². The minimum absolute atomic E-state index is 0.197. The van der Waals surface area contributed by atoms with Crippen LogP contribution in [0, 0.1) is 13.8 Å². The molecule has 1 unspecified atom stereocenters. The van der Waals surface area contributed by atoms with Gasteiger partial charge in [0, 0.05) is 0 Å². The van der Waals surface area contributed by atoms with Gasteiger partial charge in [-0.25, -0.2) is 15.0 Å². The number of aryl methyl sites for hydroxylation is 2. The van der Waals surface area contributed by atoms with E-state index in [1.807, 2.05) is 19.9 Å². The van der Waals surface area contributed by atoms with Gasteiger partial charge in [0.1, 0.15) is 5.82 Å². The predicted octanol–water partition coefficient (Wildman–Crippen LogP) is 3.05. The van der Waals surface area contributed by atoms with E-state index in [0.29, 0.717) is 0 Å². The molecule has 0 aliphatic carbocycles. The van der Waals surface area contributed by atoms with E-state index in [9.17, 15) is 0 Å². The van der Waals surface area contributed by atoms with Crippen molar-refractivity contribution in [3.8, 4) is 0 Å². The van der Waals surface area contributed by atoms with Crippen LogP contribution >= 0.6 is 0 Å². The van der Waals surface area contributed by atoms with Crippen molar-refractivity contribution in [3.05, 3.63) is 53.6 Å². The molecule has 0 radical (unpaired) electrons. The van der Waals surface area contributed by atoms with Gasteiger partial charge in [-0.1, -0.05) is 30.3 Å². The van der Waals surface area contributed by atoms with Crippen molar-refractivity contribution < 1.29 is 0 Å². The number of aromatic nitrogens is 4. The molecule has 1 atom stereocenters. The minimum Gasteiger partial charge on any atom is -0.304 e. The molecular formula is C15H16N4. The maximum atomic E-state index is 4.51. The van der Waals surface area contributed by atoms with Gasteiger partial charge < -0.3 is 4.57 Å². The summed E-state index contributed by atoms with van der Waals surface area (Å²) in [6.45, 7) is 6.09. The Bertz CT molecular complexity index is 716. The molecular weight excluding hydrogens is 236 g/mol. The largest absolute Gasteiger partial charge is 0.304 e. The minimum atomic E-state index is 0.197. The second kappa shape index (κ2) is 4.46. The number of hydrogen-bond donors (Lipinski definition) is 0. The number of hydrogen-bond acceptors (Lipinski definition) is 3. The van der Waals surface area contributed by atoms with Crippen molar-refractivity contribution in [3.63, 3.8) is 0 Å². The lowest BCUT2D eigenvalue weighted by Crippen LogP contribution is -2.09. The topological polar surface area (TPSA) is 43.6 Å². The molecule has 0 N–H and O–H groups in total. The van der Waals surface area contributed by atoms with Gasteiger partial charge in [-0.2, -0.15) is 0 Å². The summed E-state index contributed by atoms with van der Waals surface area (Å²) in [4.78, 5) is 13.4. The molecule has 4 nitrogen and oxygen atoms in total. The van der Waals surface area contributed by atoms with Crippen LogP contribution in [0.4, 0.5) is 0 Å². The van der Waals surface area contributed by atoms with Crippen molar-refractivity contribution in [2.24, 2.45) is 0 Å². The van der Waals surface area contributed by atoms with Crippen LogP contribution in [0.15, 0.2) is 36.5 Å². The molecule has 0 bridgehead atoms. The first-order chi connectivity index (χ1) is 9.16. The Morgan fingerprint density at radius 2 is 1.79 bits per heavy atom. The third kappa shape index (κ3) is 1.99. The van der Waals surface area contributed by atoms with Crippen LogP contribution in [-0.2, 0) is 0 Å². The van der Waals surface area contributed by atoms with Crippen LogP contribution in [0.2, 0.25) is 0 Å². The van der Waals surface area contributed by atoms with E-state index in [2.05, 4.69) is 50.7 Å². The van der Waals surface area contributed by atoms with Crippen molar-refractivity contribution in [1.29, 1.82) is 0 Å². The van der Waals surface area contributed by atoms with Gasteiger partial charge in [-0.15, -0.1) is 0 Å². The molecule has 4 heteroatoms. The van der Waals surface area contributed by atoms with Gasteiger partial charge in [0.05, 0.1) is 17.9 Å². The third-order valence-corrected chi connectivity index (χ3v) is 3.37. The molecule has 2 heterocycles. The molecule has 0 fully saturated rings. The van der Waals surface area contributed by atoms with E-state index in [0.717, 1.165) is 22.8 Å². The molecule has 0 aliphatic rings. The van der Waals surface area contributed by atoms with E-state index in [-0.39, 0.29) is 6.04 Å². The normalized spacial score (nSPS) is 12.8. The molecule has 96 valence electrons. The summed E-state index contributed by atoms with van der Waals surface area (Å²) in [5, 5.41) is 0. The maximum absolute atomic E-state index is 4.51. The third-order valence-electron chi connectivity index (χ3n) is 3.37. The average Bonchev–Trinajstić information content (AvgIpc) is 2.74. The molecule has 0 amide bonds. The Labute approximate surface area is 112 Å². The van der Waals surface area contributed by atoms with E-state index >= 15 is 0 Å². The van der Waals surface area contributed by atoms with Gasteiger partial charge in [-0.05, 0) is 26.3 Å². The van der Waals surface area contributed by atoms with Gasteiger partial charge >= 0.3 is 0 Å². The first kappa shape index (κ1) is 11.8. The van der Waals surface area contributed by atoms with Crippen LogP contribution in [0.1, 0.15) is 30.0 Å². The Morgan fingerprint density at radius 3 is 2.53 bits per heavy atom. The van der Waals surface area contributed by atoms with Gasteiger partial charge in [0.15, 0.2) is 11.3 Å². The molecule has 2 aromatic heterocycles. The fourth-order valence-corrected chi connectivity index (χ4v) is 2.41. The summed E-state index contributed by atoms with van der Waals surface area (Å²) < 4.78 is 2.14. The first-order valence-electron chi connectivity index (χ1n) is 6.40. The lowest BCUT2D eigenvalue weighted by Gasteiger charge is -2.16. The Hall–Kier alpha value is -2.23. The standard InChI is InChI=1S/C15H16N4/c1-10-9-16-15-14(17-10)18-12(3)19(15)11(2)13-7-5-4-6-8-13/h4-9,11H,1-3H3. The highest BCUT2D eigenvalue weighted by molar-refractivity contribution is 5.67. The molecule has 3 rings (SSSR count). The van der Waals surface area contributed by atoms with Gasteiger partial charge in [-0.3, -0.25) is 0 Å². The zero-order valence-electron chi connectivity index (χ0n) is 11.3. The highest BCUT2D eigenvalue weighted by Crippen LogP contribution is 2.23. The molecule has 0 saturated heterocycles. The molecule has 19 heavy (non-hydrogen) atoms. The van der Waals surface area contributed by atoms with Crippen LogP contribution in [0.3, 0.4) is 0 Å². The lowest BCUT2D eigenvalue weighted by atomic mass is 10.1. The molecule has 0 spiro atoms. The monoisotopic (exact) mass is 252 g/mol. The smallest absolute Gasteiger partial charge is 0.197 e. The predicted molar refractivity (Wildman–Crippen MR) is 75.1 cm³/mol. The number of imidazole rings is 1. The number of benzene rings is 1. The van der Waals surface area contributed by atoms with Crippen LogP contribution in [-0.4, -0.2) is 19.5 Å². The van der Waals surface area contributed by atoms with Gasteiger partial charge in [0.2, 0.25) is 0 Å². The number of nitrogens with zero attached hydrogens (tertiary/aromatic N) is 4. The van der Waals surface area contributed by atoms with Crippen molar-refractivity contribution in [2.75, 3.05) is 0 Å². The summed E-state index contributed by atoms with van der Waals surface area (Å²) in [6.07, 6.45) is 1.79. The molecule has 1 aromatic carbocycles. The number of fused-ring (bicyclic) bond motifs is 1. The molecule has 3 aromatic rings. The summed E-state index contributed by atoms with van der Waals surface area (Å²) in [7, 11) is 0. The Kier molecular flexibility index (Phi) is 2.78. The molecule has 0 aliphatic heterocycles. The fourth-order valence-electron chi connectivity index (χ4n) is 2.41. The summed E-state index contributed by atoms with van der Waals surface area (Å²) in [5.74, 6) is 0.942. The maximum Gasteiger partial charge on any atom is 0.197 e. The fraction of sp³-hybridized carbons (Fsp3) is 0.267.